The Morgan fingerprint density at radius 2 is 1.94 bits per heavy atom. The van der Waals surface area contributed by atoms with Gasteiger partial charge in [-0.05, 0) is 61.7 Å². The van der Waals surface area contributed by atoms with Crippen LogP contribution in [0.4, 0.5) is 5.82 Å². The van der Waals surface area contributed by atoms with Crippen molar-refractivity contribution in [2.45, 2.75) is 27.2 Å². The minimum atomic E-state index is -0.475. The molecule has 3 aromatic rings. The molecule has 0 spiro atoms. The molecule has 3 heterocycles. The predicted octanol–water partition coefficient (Wildman–Crippen LogP) is 3.65. The molecule has 7 heteroatoms. The molecule has 0 unspecified atom stereocenters. The van der Waals surface area contributed by atoms with Crippen molar-refractivity contribution in [3.05, 3.63) is 75.8 Å². The largest absolute Gasteiger partial charge is 0.488 e. The molecule has 33 heavy (non-hydrogen) atoms. The number of ether oxygens (including phenoxy) is 1. The van der Waals surface area contributed by atoms with Crippen LogP contribution >= 0.6 is 0 Å². The number of rotatable bonds is 6. The first-order chi connectivity index (χ1) is 15.8. The van der Waals surface area contributed by atoms with E-state index in [0.717, 1.165) is 27.9 Å². The maximum absolute atomic E-state index is 13.1. The van der Waals surface area contributed by atoms with Gasteiger partial charge in [0.2, 0.25) is 5.91 Å². The zero-order valence-corrected chi connectivity index (χ0v) is 19.4. The molecular weight excluding hydrogens is 418 g/mol. The average molecular weight is 448 g/mol. The molecule has 1 aromatic carbocycles. The van der Waals surface area contributed by atoms with Crippen LogP contribution in [0.1, 0.15) is 23.6 Å². The van der Waals surface area contributed by atoms with Crippen molar-refractivity contribution in [1.29, 1.82) is 0 Å². The van der Waals surface area contributed by atoms with Gasteiger partial charge >= 0.3 is 5.63 Å². The van der Waals surface area contributed by atoms with E-state index in [1.807, 2.05) is 51.1 Å². The third-order valence-corrected chi connectivity index (χ3v) is 5.89. The molecular formula is C26H29N3O4. The minimum Gasteiger partial charge on any atom is -0.488 e. The summed E-state index contributed by atoms with van der Waals surface area (Å²) in [6.07, 6.45) is 1.77. The standard InChI is InChI=1S/C26H29N3O4/c1-17(2)16-32-21-13-18(3)14-22-25(21)19(4)20(26(31)33-22)15-24(30)29-11-9-28(10-12-29)23-7-5-6-8-27-23/h5-8,13-14H,1,9-12,15-16H2,2-4H3. The Kier molecular flexibility index (Phi) is 6.49. The summed E-state index contributed by atoms with van der Waals surface area (Å²) in [5.41, 5.74) is 2.91. The first-order valence-electron chi connectivity index (χ1n) is 11.1. The fraction of sp³-hybridized carbons (Fsp3) is 0.346. The number of nitrogens with zero attached hydrogens (tertiary/aromatic N) is 3. The average Bonchev–Trinajstić information content (AvgIpc) is 2.80. The number of pyridine rings is 1. The van der Waals surface area contributed by atoms with Gasteiger partial charge < -0.3 is 19.0 Å². The molecule has 4 rings (SSSR count). The summed E-state index contributed by atoms with van der Waals surface area (Å²) in [6.45, 7) is 12.5. The van der Waals surface area contributed by atoms with Crippen molar-refractivity contribution in [1.82, 2.24) is 9.88 Å². The van der Waals surface area contributed by atoms with Crippen LogP contribution in [0.15, 0.2) is 57.9 Å². The zero-order valence-electron chi connectivity index (χ0n) is 19.4. The van der Waals surface area contributed by atoms with Crippen LogP contribution in [0.5, 0.6) is 5.75 Å². The van der Waals surface area contributed by atoms with E-state index in [2.05, 4.69) is 16.5 Å². The number of aromatic nitrogens is 1. The first-order valence-corrected chi connectivity index (χ1v) is 11.1. The highest BCUT2D eigenvalue weighted by atomic mass is 16.5. The fourth-order valence-electron chi connectivity index (χ4n) is 4.14. The Morgan fingerprint density at radius 1 is 1.18 bits per heavy atom. The summed E-state index contributed by atoms with van der Waals surface area (Å²) >= 11 is 0. The van der Waals surface area contributed by atoms with E-state index in [1.165, 1.54) is 0 Å². The smallest absolute Gasteiger partial charge is 0.340 e. The number of hydrogen-bond acceptors (Lipinski definition) is 6. The van der Waals surface area contributed by atoms with Crippen LogP contribution in [-0.4, -0.2) is 48.6 Å². The molecule has 0 N–H and O–H groups in total. The molecule has 1 aliphatic heterocycles. The van der Waals surface area contributed by atoms with Crippen LogP contribution < -0.4 is 15.3 Å². The van der Waals surface area contributed by atoms with Crippen LogP contribution in [-0.2, 0) is 11.2 Å². The molecule has 1 amide bonds. The Bertz CT molecular complexity index is 1240. The normalized spacial score (nSPS) is 13.9. The van der Waals surface area contributed by atoms with E-state index in [4.69, 9.17) is 9.15 Å². The number of carbonyl (C=O) groups is 1. The summed E-state index contributed by atoms with van der Waals surface area (Å²) in [6, 6.07) is 9.55. The Labute approximate surface area is 193 Å². The number of carbonyl (C=O) groups excluding carboxylic acids is 1. The number of hydrogen-bond donors (Lipinski definition) is 0. The molecule has 0 saturated carbocycles. The van der Waals surface area contributed by atoms with E-state index >= 15 is 0 Å². The van der Waals surface area contributed by atoms with Crippen molar-refractivity contribution in [3.8, 4) is 5.75 Å². The molecule has 0 aliphatic carbocycles. The molecule has 1 aliphatic rings. The second-order valence-corrected chi connectivity index (χ2v) is 8.61. The lowest BCUT2D eigenvalue weighted by Crippen LogP contribution is -2.49. The maximum Gasteiger partial charge on any atom is 0.340 e. The maximum atomic E-state index is 13.1. The van der Waals surface area contributed by atoms with Crippen molar-refractivity contribution < 1.29 is 13.9 Å². The zero-order chi connectivity index (χ0) is 23.5. The fourth-order valence-corrected chi connectivity index (χ4v) is 4.14. The second kappa shape index (κ2) is 9.48. The molecule has 0 radical (unpaired) electrons. The van der Waals surface area contributed by atoms with Gasteiger partial charge in [-0.3, -0.25) is 4.79 Å². The van der Waals surface area contributed by atoms with Crippen molar-refractivity contribution in [3.63, 3.8) is 0 Å². The van der Waals surface area contributed by atoms with Gasteiger partial charge in [-0.2, -0.15) is 0 Å². The SMILES string of the molecule is C=C(C)COc1cc(C)cc2oc(=O)c(CC(=O)N3CCN(c4ccccn4)CC3)c(C)c12. The number of piperazine rings is 1. The molecule has 7 nitrogen and oxygen atoms in total. The molecule has 1 saturated heterocycles. The van der Waals surface area contributed by atoms with E-state index in [0.29, 0.717) is 49.7 Å². The summed E-state index contributed by atoms with van der Waals surface area (Å²) < 4.78 is 11.6. The lowest BCUT2D eigenvalue weighted by molar-refractivity contribution is -0.130. The number of anilines is 1. The minimum absolute atomic E-state index is 0.00148. The summed E-state index contributed by atoms with van der Waals surface area (Å²) in [7, 11) is 0. The number of fused-ring (bicyclic) bond motifs is 1. The third kappa shape index (κ3) is 4.92. The topological polar surface area (TPSA) is 75.9 Å². The second-order valence-electron chi connectivity index (χ2n) is 8.61. The molecule has 0 bridgehead atoms. The van der Waals surface area contributed by atoms with Crippen molar-refractivity contribution >= 4 is 22.7 Å². The Morgan fingerprint density at radius 3 is 2.61 bits per heavy atom. The quantitative estimate of drug-likeness (QED) is 0.424. The van der Waals surface area contributed by atoms with Gasteiger partial charge in [0.1, 0.15) is 23.8 Å². The van der Waals surface area contributed by atoms with E-state index in [1.54, 1.807) is 11.1 Å². The van der Waals surface area contributed by atoms with Gasteiger partial charge in [0.25, 0.3) is 0 Å². The summed E-state index contributed by atoms with van der Waals surface area (Å²) in [4.78, 5) is 34.2. The van der Waals surface area contributed by atoms with E-state index in [-0.39, 0.29) is 12.3 Å². The Hall–Kier alpha value is -3.61. The van der Waals surface area contributed by atoms with Gasteiger partial charge in [-0.1, -0.05) is 12.6 Å². The third-order valence-electron chi connectivity index (χ3n) is 5.89. The van der Waals surface area contributed by atoms with Crippen LogP contribution in [0, 0.1) is 13.8 Å². The monoisotopic (exact) mass is 447 g/mol. The first kappa shape index (κ1) is 22.6. The van der Waals surface area contributed by atoms with Gasteiger partial charge in [-0.25, -0.2) is 9.78 Å². The van der Waals surface area contributed by atoms with Gasteiger partial charge in [0.05, 0.1) is 17.4 Å². The van der Waals surface area contributed by atoms with Gasteiger partial charge in [0.15, 0.2) is 0 Å². The van der Waals surface area contributed by atoms with Gasteiger partial charge in [0, 0.05) is 32.4 Å². The predicted molar refractivity (Wildman–Crippen MR) is 129 cm³/mol. The summed E-state index contributed by atoms with van der Waals surface area (Å²) in [5.74, 6) is 1.46. The van der Waals surface area contributed by atoms with Crippen LogP contribution in [0.3, 0.4) is 0 Å². The lowest BCUT2D eigenvalue weighted by Gasteiger charge is -2.35. The molecule has 1 fully saturated rings. The number of aryl methyl sites for hydroxylation is 2. The number of benzene rings is 1. The van der Waals surface area contributed by atoms with Crippen molar-refractivity contribution in [2.24, 2.45) is 0 Å². The lowest BCUT2D eigenvalue weighted by atomic mass is 10.0. The van der Waals surface area contributed by atoms with Gasteiger partial charge in [-0.15, -0.1) is 0 Å². The molecule has 172 valence electrons. The Balaban J connectivity index is 1.55. The van der Waals surface area contributed by atoms with Crippen molar-refractivity contribution in [2.75, 3.05) is 37.7 Å². The highest BCUT2D eigenvalue weighted by Crippen LogP contribution is 2.31. The highest BCUT2D eigenvalue weighted by Gasteiger charge is 2.25. The van der Waals surface area contributed by atoms with Crippen LogP contribution in [0.25, 0.3) is 11.0 Å². The summed E-state index contributed by atoms with van der Waals surface area (Å²) in [5, 5.41) is 0.726. The highest BCUT2D eigenvalue weighted by molar-refractivity contribution is 5.89. The van der Waals surface area contributed by atoms with E-state index < -0.39 is 5.63 Å². The van der Waals surface area contributed by atoms with E-state index in [9.17, 15) is 9.59 Å². The molecule has 0 atom stereocenters. The molecule has 2 aromatic heterocycles. The van der Waals surface area contributed by atoms with Crippen LogP contribution in [0.2, 0.25) is 0 Å². The number of amides is 1.